The number of nitrogens with zero attached hydrogens (tertiary/aromatic N) is 2. The Bertz CT molecular complexity index is 231. The minimum absolute atomic E-state index is 0.121. The second kappa shape index (κ2) is 2.58. The first-order valence-electron chi connectivity index (χ1n) is 3.81. The van der Waals surface area contributed by atoms with Crippen molar-refractivity contribution in [2.45, 2.75) is 24.9 Å². The fourth-order valence-electron chi connectivity index (χ4n) is 1.32. The lowest BCUT2D eigenvalue weighted by Gasteiger charge is -2.29. The van der Waals surface area contributed by atoms with E-state index < -0.39 is 0 Å². The lowest BCUT2D eigenvalue weighted by molar-refractivity contribution is 0.0716. The molecule has 1 saturated carbocycles. The number of aliphatic hydroxyl groups excluding tert-OH is 1. The van der Waals surface area contributed by atoms with E-state index >= 15 is 0 Å². The Morgan fingerprint density at radius 2 is 1.91 bits per heavy atom. The summed E-state index contributed by atoms with van der Waals surface area (Å²) in [6.45, 7) is 0. The van der Waals surface area contributed by atoms with Crippen LogP contribution in [0.1, 0.15) is 24.6 Å². The standard InChI is InChI=1S/C8H10N2O/c11-7-4-6(5-7)8-9-2-1-3-10-8/h1-3,6-7,11H,4-5H2. The molecule has 3 heteroatoms. The zero-order valence-corrected chi connectivity index (χ0v) is 6.14. The minimum atomic E-state index is -0.121. The van der Waals surface area contributed by atoms with Crippen LogP contribution >= 0.6 is 0 Å². The van der Waals surface area contributed by atoms with Gasteiger partial charge in [0, 0.05) is 18.3 Å². The van der Waals surface area contributed by atoms with Gasteiger partial charge in [0.05, 0.1) is 6.10 Å². The van der Waals surface area contributed by atoms with Crippen molar-refractivity contribution in [3.8, 4) is 0 Å². The molecule has 1 heterocycles. The van der Waals surface area contributed by atoms with Crippen molar-refractivity contribution in [1.29, 1.82) is 0 Å². The molecule has 2 rings (SSSR count). The summed E-state index contributed by atoms with van der Waals surface area (Å²) < 4.78 is 0. The van der Waals surface area contributed by atoms with E-state index in [1.165, 1.54) is 0 Å². The third-order valence-corrected chi connectivity index (χ3v) is 2.06. The van der Waals surface area contributed by atoms with Crippen LogP contribution in [0.3, 0.4) is 0 Å². The van der Waals surface area contributed by atoms with Crippen LogP contribution in [0.5, 0.6) is 0 Å². The summed E-state index contributed by atoms with van der Waals surface area (Å²) in [4.78, 5) is 8.23. The molecule has 0 aromatic carbocycles. The van der Waals surface area contributed by atoms with Crippen LogP contribution in [-0.4, -0.2) is 21.2 Å². The Morgan fingerprint density at radius 3 is 2.45 bits per heavy atom. The van der Waals surface area contributed by atoms with E-state index in [0.717, 1.165) is 18.7 Å². The fraction of sp³-hybridized carbons (Fsp3) is 0.500. The molecule has 11 heavy (non-hydrogen) atoms. The molecule has 1 aliphatic carbocycles. The van der Waals surface area contributed by atoms with Crippen molar-refractivity contribution in [3.05, 3.63) is 24.3 Å². The lowest BCUT2D eigenvalue weighted by Crippen LogP contribution is -2.27. The predicted octanol–water partition coefficient (Wildman–Crippen LogP) is 0.715. The molecule has 1 fully saturated rings. The van der Waals surface area contributed by atoms with Gasteiger partial charge in [-0.25, -0.2) is 9.97 Å². The number of hydrogen-bond donors (Lipinski definition) is 1. The highest BCUT2D eigenvalue weighted by Crippen LogP contribution is 2.34. The molecular formula is C8H10N2O. The number of hydrogen-bond acceptors (Lipinski definition) is 3. The molecule has 0 saturated heterocycles. The highest BCUT2D eigenvalue weighted by atomic mass is 16.3. The van der Waals surface area contributed by atoms with Crippen LogP contribution in [0.15, 0.2) is 18.5 Å². The largest absolute Gasteiger partial charge is 0.393 e. The Balaban J connectivity index is 2.08. The fourth-order valence-corrected chi connectivity index (χ4v) is 1.32. The number of rotatable bonds is 1. The van der Waals surface area contributed by atoms with Gasteiger partial charge in [-0.3, -0.25) is 0 Å². The molecule has 0 radical (unpaired) electrons. The molecule has 0 amide bonds. The summed E-state index contributed by atoms with van der Waals surface area (Å²) in [5.74, 6) is 1.27. The lowest BCUT2D eigenvalue weighted by atomic mass is 9.82. The minimum Gasteiger partial charge on any atom is -0.393 e. The van der Waals surface area contributed by atoms with E-state index in [4.69, 9.17) is 5.11 Å². The van der Waals surface area contributed by atoms with E-state index in [9.17, 15) is 0 Å². The molecule has 0 atom stereocenters. The summed E-state index contributed by atoms with van der Waals surface area (Å²) in [5, 5.41) is 9.02. The third kappa shape index (κ3) is 1.24. The van der Waals surface area contributed by atoms with Crippen molar-refractivity contribution in [3.63, 3.8) is 0 Å². The molecular weight excluding hydrogens is 140 g/mol. The number of aliphatic hydroxyl groups is 1. The van der Waals surface area contributed by atoms with Gasteiger partial charge in [0.25, 0.3) is 0 Å². The topological polar surface area (TPSA) is 46.0 Å². The van der Waals surface area contributed by atoms with Gasteiger partial charge in [0.1, 0.15) is 5.82 Å². The molecule has 3 nitrogen and oxygen atoms in total. The summed E-state index contributed by atoms with van der Waals surface area (Å²) in [6.07, 6.45) is 5.01. The predicted molar refractivity (Wildman–Crippen MR) is 40.0 cm³/mol. The zero-order chi connectivity index (χ0) is 7.68. The van der Waals surface area contributed by atoms with Crippen molar-refractivity contribution in [2.75, 3.05) is 0 Å². The Morgan fingerprint density at radius 1 is 1.27 bits per heavy atom. The maximum Gasteiger partial charge on any atom is 0.131 e. The quantitative estimate of drug-likeness (QED) is 0.641. The van der Waals surface area contributed by atoms with E-state index in [1.807, 2.05) is 0 Å². The summed E-state index contributed by atoms with van der Waals surface area (Å²) in [7, 11) is 0. The first kappa shape index (κ1) is 6.73. The molecule has 1 aromatic rings. The van der Waals surface area contributed by atoms with Crippen LogP contribution in [0, 0.1) is 0 Å². The highest BCUT2D eigenvalue weighted by Gasteiger charge is 2.30. The van der Waals surface area contributed by atoms with Gasteiger partial charge >= 0.3 is 0 Å². The molecule has 0 bridgehead atoms. The Labute approximate surface area is 65.1 Å². The van der Waals surface area contributed by atoms with E-state index in [1.54, 1.807) is 18.5 Å². The monoisotopic (exact) mass is 150 g/mol. The molecule has 1 aliphatic rings. The van der Waals surface area contributed by atoms with Gasteiger partial charge < -0.3 is 5.11 Å². The third-order valence-electron chi connectivity index (χ3n) is 2.06. The molecule has 58 valence electrons. The van der Waals surface area contributed by atoms with E-state index in [0.29, 0.717) is 5.92 Å². The van der Waals surface area contributed by atoms with Gasteiger partial charge in [0.15, 0.2) is 0 Å². The molecule has 0 aliphatic heterocycles. The first-order valence-corrected chi connectivity index (χ1v) is 3.81. The Hall–Kier alpha value is -0.960. The zero-order valence-electron chi connectivity index (χ0n) is 6.14. The van der Waals surface area contributed by atoms with Crippen LogP contribution in [0.25, 0.3) is 0 Å². The second-order valence-corrected chi connectivity index (χ2v) is 2.93. The maximum atomic E-state index is 9.02. The molecule has 0 unspecified atom stereocenters. The van der Waals surface area contributed by atoms with E-state index in [2.05, 4.69) is 9.97 Å². The number of aromatic nitrogens is 2. The SMILES string of the molecule is OC1CC(c2ncccn2)C1. The average molecular weight is 150 g/mol. The van der Waals surface area contributed by atoms with E-state index in [-0.39, 0.29) is 6.10 Å². The van der Waals surface area contributed by atoms with Crippen LogP contribution in [-0.2, 0) is 0 Å². The highest BCUT2D eigenvalue weighted by molar-refractivity contribution is 5.03. The Kier molecular flexibility index (Phi) is 1.58. The molecule has 1 aromatic heterocycles. The van der Waals surface area contributed by atoms with Gasteiger partial charge in [-0.15, -0.1) is 0 Å². The molecule has 1 N–H and O–H groups in total. The summed E-state index contributed by atoms with van der Waals surface area (Å²) >= 11 is 0. The van der Waals surface area contributed by atoms with Crippen LogP contribution in [0.4, 0.5) is 0 Å². The second-order valence-electron chi connectivity index (χ2n) is 2.93. The van der Waals surface area contributed by atoms with Crippen molar-refractivity contribution in [1.82, 2.24) is 9.97 Å². The maximum absolute atomic E-state index is 9.02. The van der Waals surface area contributed by atoms with Gasteiger partial charge in [-0.1, -0.05) is 0 Å². The average Bonchev–Trinajstić information content (AvgIpc) is 2.01. The van der Waals surface area contributed by atoms with Crippen molar-refractivity contribution < 1.29 is 5.11 Å². The van der Waals surface area contributed by atoms with Gasteiger partial charge in [-0.2, -0.15) is 0 Å². The van der Waals surface area contributed by atoms with Crippen molar-refractivity contribution >= 4 is 0 Å². The summed E-state index contributed by atoms with van der Waals surface area (Å²) in [6, 6.07) is 1.80. The summed E-state index contributed by atoms with van der Waals surface area (Å²) in [5.41, 5.74) is 0. The first-order chi connectivity index (χ1) is 5.36. The van der Waals surface area contributed by atoms with Gasteiger partial charge in [-0.05, 0) is 18.9 Å². The normalized spacial score (nSPS) is 29.5. The van der Waals surface area contributed by atoms with Crippen molar-refractivity contribution in [2.24, 2.45) is 0 Å². The van der Waals surface area contributed by atoms with Crippen LogP contribution < -0.4 is 0 Å². The van der Waals surface area contributed by atoms with Crippen LogP contribution in [0.2, 0.25) is 0 Å². The smallest absolute Gasteiger partial charge is 0.131 e. The van der Waals surface area contributed by atoms with Gasteiger partial charge in [0.2, 0.25) is 0 Å². The molecule has 0 spiro atoms.